The third-order valence-electron chi connectivity index (χ3n) is 17.9. The molecule has 2 aliphatic rings. The number of para-hydroxylation sites is 4. The normalized spacial score (nSPS) is 11.9. The van der Waals surface area contributed by atoms with Crippen LogP contribution >= 0.6 is 15.9 Å². The van der Waals surface area contributed by atoms with Gasteiger partial charge in [0.05, 0.1) is 27.3 Å². The molecule has 0 bridgehead atoms. The van der Waals surface area contributed by atoms with Crippen LogP contribution in [0, 0.1) is 0 Å². The van der Waals surface area contributed by atoms with Crippen LogP contribution in [0.2, 0.25) is 0 Å². The first-order chi connectivity index (χ1) is 42.1. The number of aromatic nitrogens is 2. The number of H-pyrrole nitrogens is 1. The Balaban J connectivity index is 0.000000111. The van der Waals surface area contributed by atoms with Crippen molar-refractivity contribution in [3.8, 4) is 72.4 Å². The molecule has 404 valence electrons. The maximum atomic E-state index is 6.48. The van der Waals surface area contributed by atoms with Gasteiger partial charge in [0.15, 0.2) is 0 Å². The standard InChI is InChI=1S/C40H23NO.C22H13Br.C18H11NO.CH4/c1-2-9-28-27(8-1)31-13-7-12-30-26(20-21-32(28)38(30)31)24-16-18-25(19-17-24)41-35-14-5-3-11-34(35)39-36(41)23-22-33-29-10-4-6-15-37(29)42-40(33)39;23-15-10-8-14(9-11-15)16-12-13-21-18-5-2-1-4-17(18)20-7-3-6-19(16)22(20)21;1-3-7-14-13(6-1)17-15(19-14)10-9-12-11-5-2-4-8-16(11)20-18(12)17;/h1-23H;1-13H;1-10,19H;1H4. The van der Waals surface area contributed by atoms with Crippen LogP contribution in [-0.2, 0) is 0 Å². The molecular formula is C81H51BrN2O2. The fourth-order valence-electron chi connectivity index (χ4n) is 14.2. The van der Waals surface area contributed by atoms with E-state index in [1.807, 2.05) is 24.3 Å². The molecule has 0 atom stereocenters. The molecule has 0 radical (unpaired) electrons. The van der Waals surface area contributed by atoms with E-state index in [9.17, 15) is 0 Å². The molecule has 5 heteroatoms. The molecule has 0 unspecified atom stereocenters. The van der Waals surface area contributed by atoms with Crippen molar-refractivity contribution in [3.63, 3.8) is 0 Å². The van der Waals surface area contributed by atoms with Gasteiger partial charge >= 0.3 is 0 Å². The third-order valence-corrected chi connectivity index (χ3v) is 18.4. The molecule has 0 fully saturated rings. The Bertz CT molecular complexity index is 5740. The van der Waals surface area contributed by atoms with Gasteiger partial charge in [0.25, 0.3) is 0 Å². The van der Waals surface area contributed by atoms with E-state index in [1.165, 1.54) is 121 Å². The third kappa shape index (κ3) is 7.41. The number of rotatable bonds is 3. The van der Waals surface area contributed by atoms with Gasteiger partial charge in [-0.25, -0.2) is 0 Å². The van der Waals surface area contributed by atoms with Gasteiger partial charge in [-0.3, -0.25) is 0 Å². The van der Waals surface area contributed by atoms with Crippen LogP contribution in [0.4, 0.5) is 0 Å². The minimum atomic E-state index is 0. The van der Waals surface area contributed by atoms with Crippen molar-refractivity contribution in [3.05, 3.63) is 284 Å². The molecule has 0 saturated heterocycles. The SMILES string of the molecule is Brc1ccc(-c2ccc3c4c(cccc24)-c2ccccc2-3)cc1.C.c1ccc2c(c1)-c1cccc3c(-c4ccc(-n5c6ccccc6c6c7oc8ccccc8c7ccc65)cc4)ccc-2c13.c1ccc2c(c1)[nH]c1ccc3c4ccccc4oc3c12. The summed E-state index contributed by atoms with van der Waals surface area (Å²) in [6.45, 7) is 0. The molecule has 4 nitrogen and oxygen atoms in total. The lowest BCUT2D eigenvalue weighted by Crippen LogP contribution is -1.93. The zero-order valence-electron chi connectivity index (χ0n) is 45.7. The second-order valence-corrected chi connectivity index (χ2v) is 23.3. The van der Waals surface area contributed by atoms with Crippen molar-refractivity contribution in [1.29, 1.82) is 0 Å². The quantitative estimate of drug-likeness (QED) is 0.192. The summed E-state index contributed by atoms with van der Waals surface area (Å²) in [7, 11) is 0. The number of aromatic amines is 1. The van der Waals surface area contributed by atoms with Gasteiger partial charge in [0.2, 0.25) is 0 Å². The number of nitrogens with one attached hydrogen (secondary N) is 1. The highest BCUT2D eigenvalue weighted by atomic mass is 79.9. The smallest absolute Gasteiger partial charge is 0.145 e. The number of hydrogen-bond acceptors (Lipinski definition) is 2. The molecule has 20 rings (SSSR count). The molecule has 2 aliphatic carbocycles. The average Bonchev–Trinajstić information content (AvgIpc) is 1.90. The molecule has 0 amide bonds. The Hall–Kier alpha value is -10.7. The number of halogens is 1. The second kappa shape index (κ2) is 19.4. The highest BCUT2D eigenvalue weighted by Crippen LogP contribution is 2.51. The lowest BCUT2D eigenvalue weighted by Gasteiger charge is -2.12. The predicted octanol–water partition coefficient (Wildman–Crippen LogP) is 23.9. The summed E-state index contributed by atoms with van der Waals surface area (Å²) in [5.74, 6) is 0. The average molecular weight is 1160 g/mol. The van der Waals surface area contributed by atoms with Gasteiger partial charge in [-0.1, -0.05) is 230 Å². The highest BCUT2D eigenvalue weighted by molar-refractivity contribution is 9.10. The summed E-state index contributed by atoms with van der Waals surface area (Å²) >= 11 is 3.52. The van der Waals surface area contributed by atoms with Gasteiger partial charge < -0.3 is 18.4 Å². The van der Waals surface area contributed by atoms with Gasteiger partial charge in [0, 0.05) is 48.0 Å². The van der Waals surface area contributed by atoms with Crippen LogP contribution in [0.25, 0.3) is 181 Å². The van der Waals surface area contributed by atoms with Crippen LogP contribution in [0.3, 0.4) is 0 Å². The zero-order valence-corrected chi connectivity index (χ0v) is 47.3. The second-order valence-electron chi connectivity index (χ2n) is 22.3. The van der Waals surface area contributed by atoms with Crippen LogP contribution in [0.5, 0.6) is 0 Å². The van der Waals surface area contributed by atoms with Gasteiger partial charge in [-0.2, -0.15) is 0 Å². The maximum absolute atomic E-state index is 6.48. The number of fused-ring (bicyclic) bond motifs is 20. The molecule has 14 aromatic carbocycles. The lowest BCUT2D eigenvalue weighted by molar-refractivity contribution is 0.672. The van der Waals surface area contributed by atoms with E-state index in [2.05, 4.69) is 280 Å². The fourth-order valence-corrected chi connectivity index (χ4v) is 14.4. The molecule has 0 aliphatic heterocycles. The van der Waals surface area contributed by atoms with Crippen molar-refractivity contribution in [2.45, 2.75) is 7.43 Å². The Kier molecular flexibility index (Phi) is 11.3. The largest absolute Gasteiger partial charge is 0.455 e. The number of furan rings is 2. The van der Waals surface area contributed by atoms with Crippen LogP contribution in [-0.4, -0.2) is 9.55 Å². The number of benzene rings is 14. The summed E-state index contributed by atoms with van der Waals surface area (Å²) in [6, 6.07) is 99.8. The first kappa shape index (κ1) is 49.9. The van der Waals surface area contributed by atoms with E-state index in [0.717, 1.165) is 65.2 Å². The summed E-state index contributed by atoms with van der Waals surface area (Å²) in [6.07, 6.45) is 0. The van der Waals surface area contributed by atoms with E-state index >= 15 is 0 Å². The van der Waals surface area contributed by atoms with E-state index in [-0.39, 0.29) is 7.43 Å². The molecule has 86 heavy (non-hydrogen) atoms. The van der Waals surface area contributed by atoms with Crippen molar-refractivity contribution < 1.29 is 8.83 Å². The maximum Gasteiger partial charge on any atom is 0.145 e. The summed E-state index contributed by atoms with van der Waals surface area (Å²) in [4.78, 5) is 3.45. The first-order valence-corrected chi connectivity index (χ1v) is 29.7. The van der Waals surface area contributed by atoms with Crippen molar-refractivity contribution in [2.24, 2.45) is 0 Å². The lowest BCUT2D eigenvalue weighted by atomic mass is 9.94. The van der Waals surface area contributed by atoms with E-state index < -0.39 is 0 Å². The first-order valence-electron chi connectivity index (χ1n) is 28.9. The Morgan fingerprint density at radius 1 is 0.267 bits per heavy atom. The molecule has 4 aromatic heterocycles. The van der Waals surface area contributed by atoms with Crippen molar-refractivity contribution in [2.75, 3.05) is 0 Å². The van der Waals surface area contributed by atoms with Gasteiger partial charge in [-0.15, -0.1) is 0 Å². The van der Waals surface area contributed by atoms with Gasteiger partial charge in [0.1, 0.15) is 22.3 Å². The molecule has 1 N–H and O–H groups in total. The number of nitrogens with zero attached hydrogens (tertiary/aromatic N) is 1. The summed E-state index contributed by atoms with van der Waals surface area (Å²) < 4.78 is 16.1. The van der Waals surface area contributed by atoms with Crippen LogP contribution in [0.1, 0.15) is 7.43 Å². The topological polar surface area (TPSA) is 47.0 Å². The minimum absolute atomic E-state index is 0. The minimum Gasteiger partial charge on any atom is -0.455 e. The van der Waals surface area contributed by atoms with Crippen LogP contribution < -0.4 is 0 Å². The molecule has 4 heterocycles. The molecule has 0 spiro atoms. The molecular weight excluding hydrogens is 1110 g/mol. The van der Waals surface area contributed by atoms with E-state index in [4.69, 9.17) is 8.83 Å². The number of hydrogen-bond donors (Lipinski definition) is 1. The Labute approximate surface area is 503 Å². The Morgan fingerprint density at radius 3 is 1.28 bits per heavy atom. The highest BCUT2D eigenvalue weighted by Gasteiger charge is 2.25. The monoisotopic (exact) mass is 1160 g/mol. The van der Waals surface area contributed by atoms with E-state index in [1.54, 1.807) is 0 Å². The molecule has 18 aromatic rings. The van der Waals surface area contributed by atoms with Gasteiger partial charge in [-0.05, 0) is 161 Å². The predicted molar refractivity (Wildman–Crippen MR) is 367 cm³/mol. The Morgan fingerprint density at radius 2 is 0.698 bits per heavy atom. The molecule has 0 saturated carbocycles. The van der Waals surface area contributed by atoms with Crippen molar-refractivity contribution in [1.82, 2.24) is 9.55 Å². The summed E-state index contributed by atoms with van der Waals surface area (Å²) in [5, 5.41) is 14.8. The van der Waals surface area contributed by atoms with E-state index in [0.29, 0.717) is 0 Å². The van der Waals surface area contributed by atoms with Crippen molar-refractivity contribution >= 4 is 125 Å². The zero-order chi connectivity index (χ0) is 55.9. The fraction of sp³-hybridized carbons (Fsp3) is 0.0123. The van der Waals surface area contributed by atoms with Crippen LogP contribution in [0.15, 0.2) is 292 Å². The summed E-state index contributed by atoms with van der Waals surface area (Å²) in [5.41, 5.74) is 25.3.